The predicted molar refractivity (Wildman–Crippen MR) is 52.2 cm³/mol. The third kappa shape index (κ3) is 5.52. The maximum absolute atomic E-state index is 10.9. The van der Waals surface area contributed by atoms with Gasteiger partial charge in [-0.15, -0.1) is 23.8 Å². The van der Waals surface area contributed by atoms with Gasteiger partial charge in [-0.05, 0) is 5.41 Å². The smallest absolute Gasteiger partial charge is 0.870 e. The minimum Gasteiger partial charge on any atom is -0.870 e. The molecule has 0 aromatic heterocycles. The average Bonchev–Trinajstić information content (AvgIpc) is 2.11. The molecular weight excluding hydrogens is 250 g/mol. The first-order valence-electron chi connectivity index (χ1n) is 4.03. The molecule has 1 aromatic rings. The zero-order valence-electron chi connectivity index (χ0n) is 9.16. The molecule has 0 aliphatic carbocycles. The summed E-state index contributed by atoms with van der Waals surface area (Å²) in [7, 11) is 0. The quantitative estimate of drug-likeness (QED) is 0.562. The molecule has 72 valence electrons. The van der Waals surface area contributed by atoms with Crippen LogP contribution in [-0.2, 0) is 5.41 Å². The maximum Gasteiger partial charge on any atom is 1.00 e. The van der Waals surface area contributed by atoms with Crippen LogP contribution >= 0.6 is 0 Å². The molecule has 1 rings (SSSR count). The van der Waals surface area contributed by atoms with E-state index in [1.807, 2.05) is 12.1 Å². The molecule has 0 heterocycles. The Kier molecular flexibility index (Phi) is 8.55. The van der Waals surface area contributed by atoms with Gasteiger partial charge in [0.2, 0.25) is 0 Å². The zero-order chi connectivity index (χ0) is 9.19. The Hall–Kier alpha value is 0.655. The third-order valence-electron chi connectivity index (χ3n) is 1.77. The van der Waals surface area contributed by atoms with E-state index in [0.29, 0.717) is 0 Å². The van der Waals surface area contributed by atoms with Crippen molar-refractivity contribution < 1.29 is 63.7 Å². The van der Waals surface area contributed by atoms with Gasteiger partial charge in [0.25, 0.3) is 0 Å². The SMILES string of the molecule is CC(C)(C)c1cc[c-]c(=O)cc1.[OH-].[Rb+]. The molecule has 0 atom stereocenters. The summed E-state index contributed by atoms with van der Waals surface area (Å²) in [5, 5.41) is 0. The van der Waals surface area contributed by atoms with E-state index in [9.17, 15) is 4.79 Å². The van der Waals surface area contributed by atoms with Crippen molar-refractivity contribution in [2.45, 2.75) is 26.2 Å². The van der Waals surface area contributed by atoms with E-state index in [-0.39, 0.29) is 74.5 Å². The molecule has 0 spiro atoms. The van der Waals surface area contributed by atoms with Crippen molar-refractivity contribution >= 4 is 0 Å². The Morgan fingerprint density at radius 3 is 2.21 bits per heavy atom. The fraction of sp³-hybridized carbons (Fsp3) is 0.364. The molecule has 3 heteroatoms. The van der Waals surface area contributed by atoms with Crippen LogP contribution < -0.4 is 63.6 Å². The van der Waals surface area contributed by atoms with E-state index >= 15 is 0 Å². The summed E-state index contributed by atoms with van der Waals surface area (Å²) in [4.78, 5) is 10.9. The number of hydrogen-bond donors (Lipinski definition) is 0. The Morgan fingerprint density at radius 2 is 1.71 bits per heavy atom. The minimum absolute atomic E-state index is 0. The van der Waals surface area contributed by atoms with E-state index in [1.165, 1.54) is 0 Å². The van der Waals surface area contributed by atoms with Gasteiger partial charge in [-0.3, -0.25) is 0 Å². The average molecular weight is 264 g/mol. The summed E-state index contributed by atoms with van der Waals surface area (Å²) in [6.45, 7) is 6.35. The van der Waals surface area contributed by atoms with Gasteiger partial charge in [-0.25, -0.2) is 0 Å². The molecule has 2 nitrogen and oxygen atoms in total. The molecule has 0 unspecified atom stereocenters. The van der Waals surface area contributed by atoms with Gasteiger partial charge in [-0.1, -0.05) is 20.8 Å². The standard InChI is InChI=1S/C11H13O.H2O.Rb/c1-11(2,3)9-5-4-6-10(12)8-7-9;;/h4-5,7-8H,1-3H3;1H2;/q-1;;+1/p-1. The van der Waals surface area contributed by atoms with Crippen molar-refractivity contribution in [3.05, 3.63) is 46.1 Å². The largest absolute Gasteiger partial charge is 1.00 e. The monoisotopic (exact) mass is 263 g/mol. The summed E-state index contributed by atoms with van der Waals surface area (Å²) in [6.07, 6.45) is 0. The molecule has 0 saturated heterocycles. The minimum atomic E-state index is -0.0644. The van der Waals surface area contributed by atoms with Crippen LogP contribution in [0, 0.1) is 6.07 Å². The van der Waals surface area contributed by atoms with Crippen molar-refractivity contribution in [3.63, 3.8) is 0 Å². The molecule has 14 heavy (non-hydrogen) atoms. The van der Waals surface area contributed by atoms with Gasteiger partial charge in [0, 0.05) is 0 Å². The summed E-state index contributed by atoms with van der Waals surface area (Å²) < 4.78 is 0. The van der Waals surface area contributed by atoms with E-state index in [0.717, 1.165) is 5.56 Å². The molecule has 0 bridgehead atoms. The van der Waals surface area contributed by atoms with Gasteiger partial charge in [-0.2, -0.15) is 12.1 Å². The van der Waals surface area contributed by atoms with Gasteiger partial charge in [0.1, 0.15) is 0 Å². The molecule has 0 saturated carbocycles. The molecule has 1 aromatic carbocycles. The second-order valence-electron chi connectivity index (χ2n) is 3.88. The van der Waals surface area contributed by atoms with Crippen LogP contribution in [0.3, 0.4) is 0 Å². The van der Waals surface area contributed by atoms with Crippen molar-refractivity contribution in [3.8, 4) is 0 Å². The molecule has 0 aliphatic heterocycles. The van der Waals surface area contributed by atoms with Crippen LogP contribution in [0.25, 0.3) is 0 Å². The molecule has 0 aliphatic rings. The Bertz CT molecular complexity index is 329. The molecular formula is C11H14O2Rb-. The predicted octanol–water partition coefficient (Wildman–Crippen LogP) is -1.03. The van der Waals surface area contributed by atoms with Crippen LogP contribution in [0.5, 0.6) is 0 Å². The van der Waals surface area contributed by atoms with Crippen LogP contribution in [0.15, 0.2) is 29.1 Å². The number of hydrogen-bond acceptors (Lipinski definition) is 2. The molecule has 0 fully saturated rings. The van der Waals surface area contributed by atoms with Crippen LogP contribution in [0.2, 0.25) is 0 Å². The summed E-state index contributed by atoms with van der Waals surface area (Å²) in [5.74, 6) is 0. The van der Waals surface area contributed by atoms with Crippen molar-refractivity contribution in [2.24, 2.45) is 0 Å². The first-order chi connectivity index (χ1) is 5.50. The summed E-state index contributed by atoms with van der Waals surface area (Å²) in [5.41, 5.74) is 1.19. The summed E-state index contributed by atoms with van der Waals surface area (Å²) >= 11 is 0. The van der Waals surface area contributed by atoms with E-state index in [2.05, 4.69) is 26.8 Å². The third-order valence-corrected chi connectivity index (χ3v) is 1.77. The summed E-state index contributed by atoms with van der Waals surface area (Å²) in [6, 6.07) is 9.65. The van der Waals surface area contributed by atoms with Gasteiger partial charge >= 0.3 is 58.2 Å². The Morgan fingerprint density at radius 1 is 1.14 bits per heavy atom. The normalized spacial score (nSPS) is 9.64. The zero-order valence-corrected chi connectivity index (χ0v) is 14.1. The van der Waals surface area contributed by atoms with Gasteiger partial charge in [0.15, 0.2) is 0 Å². The molecule has 1 N–H and O–H groups in total. The van der Waals surface area contributed by atoms with E-state index in [1.54, 1.807) is 12.1 Å². The topological polar surface area (TPSA) is 47.1 Å². The first-order valence-corrected chi connectivity index (χ1v) is 4.03. The number of rotatable bonds is 0. The Balaban J connectivity index is 0. The van der Waals surface area contributed by atoms with Crippen LogP contribution in [0.1, 0.15) is 26.3 Å². The van der Waals surface area contributed by atoms with Gasteiger partial charge < -0.3 is 10.3 Å². The van der Waals surface area contributed by atoms with E-state index in [4.69, 9.17) is 0 Å². The fourth-order valence-electron chi connectivity index (χ4n) is 0.983. The molecule has 0 radical (unpaired) electrons. The van der Waals surface area contributed by atoms with Crippen molar-refractivity contribution in [1.82, 2.24) is 0 Å². The first kappa shape index (κ1) is 17.1. The van der Waals surface area contributed by atoms with Crippen molar-refractivity contribution in [1.29, 1.82) is 0 Å². The van der Waals surface area contributed by atoms with E-state index < -0.39 is 0 Å². The van der Waals surface area contributed by atoms with Crippen LogP contribution in [-0.4, -0.2) is 5.48 Å². The Labute approximate surface area is 134 Å². The second kappa shape index (κ2) is 7.02. The fourth-order valence-corrected chi connectivity index (χ4v) is 0.983. The second-order valence-corrected chi connectivity index (χ2v) is 3.88. The maximum atomic E-state index is 10.9. The molecule has 0 amide bonds. The van der Waals surface area contributed by atoms with Gasteiger partial charge in [0.05, 0.1) is 5.43 Å². The van der Waals surface area contributed by atoms with Crippen LogP contribution in [0.4, 0.5) is 0 Å². The van der Waals surface area contributed by atoms with Crippen molar-refractivity contribution in [2.75, 3.05) is 0 Å².